The normalized spacial score (nSPS) is 14.5. The average molecular weight is 415 g/mol. The summed E-state index contributed by atoms with van der Waals surface area (Å²) in [5, 5.41) is 3.65. The number of nitrogens with zero attached hydrogens (tertiary/aromatic N) is 1. The lowest BCUT2D eigenvalue weighted by atomic mass is 9.93. The van der Waals surface area contributed by atoms with Crippen LogP contribution in [0.3, 0.4) is 0 Å². The van der Waals surface area contributed by atoms with Crippen molar-refractivity contribution in [1.29, 1.82) is 0 Å². The number of para-hydroxylation sites is 1. The molecule has 0 aromatic heterocycles. The first kappa shape index (κ1) is 21.2. The summed E-state index contributed by atoms with van der Waals surface area (Å²) in [6, 6.07) is 14.7. The molecule has 0 atom stereocenters. The van der Waals surface area contributed by atoms with Gasteiger partial charge in [-0.15, -0.1) is 0 Å². The molecule has 0 unspecified atom stereocenters. The zero-order valence-corrected chi connectivity index (χ0v) is 17.5. The molecule has 1 N–H and O–H groups in total. The Hall–Kier alpha value is -2.53. The molecule has 0 spiro atoms. The smallest absolute Gasteiger partial charge is 0.255 e. The van der Waals surface area contributed by atoms with Crippen LogP contribution in [0.4, 0.5) is 0 Å². The Kier molecular flexibility index (Phi) is 7.53. The molecule has 0 bridgehead atoms. The molecular weight excluding hydrogens is 388 g/mol. The monoisotopic (exact) mass is 414 g/mol. The van der Waals surface area contributed by atoms with Crippen molar-refractivity contribution >= 4 is 23.4 Å². The summed E-state index contributed by atoms with van der Waals surface area (Å²) in [5.74, 6) is 1.09. The SMILES string of the molecule is CC(=O)N1CCC(CCNC(=O)c2ccccc2OCc2ccccc2Cl)CC1. The molecule has 2 aromatic carbocycles. The third-order valence-corrected chi connectivity index (χ3v) is 5.74. The fraction of sp³-hybridized carbons (Fsp3) is 0.391. The van der Waals surface area contributed by atoms with Gasteiger partial charge in [-0.3, -0.25) is 9.59 Å². The lowest BCUT2D eigenvalue weighted by molar-refractivity contribution is -0.130. The van der Waals surface area contributed by atoms with Crippen molar-refractivity contribution < 1.29 is 14.3 Å². The predicted molar refractivity (Wildman–Crippen MR) is 114 cm³/mol. The van der Waals surface area contributed by atoms with Crippen LogP contribution in [0.5, 0.6) is 5.75 Å². The highest BCUT2D eigenvalue weighted by molar-refractivity contribution is 6.31. The van der Waals surface area contributed by atoms with E-state index in [0.29, 0.717) is 35.4 Å². The number of carbonyl (C=O) groups is 2. The Labute approximate surface area is 177 Å². The minimum Gasteiger partial charge on any atom is -0.488 e. The Balaban J connectivity index is 1.50. The van der Waals surface area contributed by atoms with Crippen molar-refractivity contribution in [1.82, 2.24) is 10.2 Å². The van der Waals surface area contributed by atoms with Crippen LogP contribution >= 0.6 is 11.6 Å². The average Bonchev–Trinajstić information content (AvgIpc) is 2.73. The summed E-state index contributed by atoms with van der Waals surface area (Å²) in [6.07, 6.45) is 2.90. The molecule has 29 heavy (non-hydrogen) atoms. The number of piperidine rings is 1. The Morgan fingerprint density at radius 1 is 1.10 bits per heavy atom. The fourth-order valence-electron chi connectivity index (χ4n) is 3.57. The molecule has 6 heteroatoms. The van der Waals surface area contributed by atoms with Gasteiger partial charge in [0, 0.05) is 37.1 Å². The van der Waals surface area contributed by atoms with Crippen LogP contribution in [-0.4, -0.2) is 36.3 Å². The van der Waals surface area contributed by atoms with E-state index in [4.69, 9.17) is 16.3 Å². The van der Waals surface area contributed by atoms with Gasteiger partial charge in [0.1, 0.15) is 12.4 Å². The van der Waals surface area contributed by atoms with Crippen LogP contribution in [0, 0.1) is 5.92 Å². The van der Waals surface area contributed by atoms with Crippen molar-refractivity contribution in [3.8, 4) is 5.75 Å². The van der Waals surface area contributed by atoms with Gasteiger partial charge in [0.05, 0.1) is 5.56 Å². The summed E-state index contributed by atoms with van der Waals surface area (Å²) in [6.45, 7) is 4.16. The number of rotatable bonds is 7. The van der Waals surface area contributed by atoms with Crippen molar-refractivity contribution in [3.63, 3.8) is 0 Å². The summed E-state index contributed by atoms with van der Waals surface area (Å²) in [4.78, 5) is 26.0. The molecule has 1 aliphatic heterocycles. The molecule has 0 radical (unpaired) electrons. The second kappa shape index (κ2) is 10.3. The molecule has 0 saturated carbocycles. The Morgan fingerprint density at radius 3 is 2.52 bits per heavy atom. The molecule has 5 nitrogen and oxygen atoms in total. The fourth-order valence-corrected chi connectivity index (χ4v) is 3.76. The maximum atomic E-state index is 12.7. The van der Waals surface area contributed by atoms with Crippen LogP contribution in [0.2, 0.25) is 5.02 Å². The first-order chi connectivity index (χ1) is 14.0. The van der Waals surface area contributed by atoms with E-state index in [1.165, 1.54) is 0 Å². The van der Waals surface area contributed by atoms with E-state index in [2.05, 4.69) is 5.32 Å². The van der Waals surface area contributed by atoms with E-state index < -0.39 is 0 Å². The van der Waals surface area contributed by atoms with Gasteiger partial charge >= 0.3 is 0 Å². The summed E-state index contributed by atoms with van der Waals surface area (Å²) >= 11 is 6.18. The third-order valence-electron chi connectivity index (χ3n) is 5.37. The molecule has 2 aromatic rings. The van der Waals surface area contributed by atoms with Crippen LogP contribution in [0.15, 0.2) is 48.5 Å². The minimum absolute atomic E-state index is 0.138. The van der Waals surface area contributed by atoms with Gasteiger partial charge in [0.15, 0.2) is 0 Å². The second-order valence-electron chi connectivity index (χ2n) is 7.37. The summed E-state index contributed by atoms with van der Waals surface area (Å²) in [7, 11) is 0. The lowest BCUT2D eigenvalue weighted by Gasteiger charge is -2.31. The molecule has 0 aliphatic carbocycles. The predicted octanol–water partition coefficient (Wildman–Crippen LogP) is 4.30. The number of likely N-dealkylation sites (tertiary alicyclic amines) is 1. The van der Waals surface area contributed by atoms with E-state index in [0.717, 1.165) is 37.9 Å². The number of hydrogen-bond donors (Lipinski definition) is 1. The van der Waals surface area contributed by atoms with Crippen LogP contribution in [0.25, 0.3) is 0 Å². The van der Waals surface area contributed by atoms with Gasteiger partial charge < -0.3 is 15.0 Å². The van der Waals surface area contributed by atoms with Crippen molar-refractivity contribution in [2.24, 2.45) is 5.92 Å². The Morgan fingerprint density at radius 2 is 1.79 bits per heavy atom. The zero-order chi connectivity index (χ0) is 20.6. The van der Waals surface area contributed by atoms with Crippen molar-refractivity contribution in [3.05, 3.63) is 64.7 Å². The van der Waals surface area contributed by atoms with Crippen molar-refractivity contribution in [2.75, 3.05) is 19.6 Å². The number of benzene rings is 2. The highest BCUT2D eigenvalue weighted by Crippen LogP contribution is 2.23. The van der Waals surface area contributed by atoms with Gasteiger partial charge in [-0.05, 0) is 43.4 Å². The molecular formula is C23H27ClN2O3. The van der Waals surface area contributed by atoms with Gasteiger partial charge in [0.2, 0.25) is 5.91 Å². The van der Waals surface area contributed by atoms with Gasteiger partial charge in [-0.25, -0.2) is 0 Å². The van der Waals surface area contributed by atoms with Gasteiger partial charge in [0.25, 0.3) is 5.91 Å². The minimum atomic E-state index is -0.138. The zero-order valence-electron chi connectivity index (χ0n) is 16.7. The first-order valence-electron chi connectivity index (χ1n) is 10.0. The van der Waals surface area contributed by atoms with Crippen LogP contribution in [0.1, 0.15) is 42.1 Å². The van der Waals surface area contributed by atoms with E-state index in [-0.39, 0.29) is 11.8 Å². The van der Waals surface area contributed by atoms with Crippen LogP contribution < -0.4 is 10.1 Å². The molecule has 3 rings (SSSR count). The number of hydrogen-bond acceptors (Lipinski definition) is 3. The lowest BCUT2D eigenvalue weighted by Crippen LogP contribution is -2.38. The summed E-state index contributed by atoms with van der Waals surface area (Å²) < 4.78 is 5.87. The number of carbonyl (C=O) groups excluding carboxylic acids is 2. The van der Waals surface area contributed by atoms with Crippen LogP contribution in [-0.2, 0) is 11.4 Å². The molecule has 1 aliphatic rings. The maximum Gasteiger partial charge on any atom is 0.255 e. The quantitative estimate of drug-likeness (QED) is 0.734. The summed E-state index contributed by atoms with van der Waals surface area (Å²) in [5.41, 5.74) is 1.40. The largest absolute Gasteiger partial charge is 0.488 e. The maximum absolute atomic E-state index is 12.7. The van der Waals surface area contributed by atoms with Crippen molar-refractivity contribution in [2.45, 2.75) is 32.8 Å². The third kappa shape index (κ3) is 5.97. The van der Waals surface area contributed by atoms with E-state index in [1.807, 2.05) is 41.3 Å². The molecule has 2 amide bonds. The van der Waals surface area contributed by atoms with E-state index in [9.17, 15) is 9.59 Å². The molecule has 1 saturated heterocycles. The highest BCUT2D eigenvalue weighted by Gasteiger charge is 2.21. The molecule has 1 fully saturated rings. The highest BCUT2D eigenvalue weighted by atomic mass is 35.5. The standard InChI is InChI=1S/C23H27ClN2O3/c1-17(27)26-14-11-18(12-15-26)10-13-25-23(28)20-7-3-5-9-22(20)29-16-19-6-2-4-8-21(19)24/h2-9,18H,10-16H2,1H3,(H,25,28). The second-order valence-corrected chi connectivity index (χ2v) is 7.78. The van der Waals surface area contributed by atoms with E-state index in [1.54, 1.807) is 19.1 Å². The Bertz CT molecular complexity index is 848. The topological polar surface area (TPSA) is 58.6 Å². The number of halogens is 1. The number of ether oxygens (including phenoxy) is 1. The van der Waals surface area contributed by atoms with Gasteiger partial charge in [-0.2, -0.15) is 0 Å². The number of nitrogens with one attached hydrogen (secondary N) is 1. The molecule has 154 valence electrons. The molecule has 1 heterocycles. The van der Waals surface area contributed by atoms with E-state index >= 15 is 0 Å². The first-order valence-corrected chi connectivity index (χ1v) is 10.4. The van der Waals surface area contributed by atoms with Gasteiger partial charge in [-0.1, -0.05) is 41.9 Å². The number of amides is 2.